The molecule has 1 saturated heterocycles. The fraction of sp³-hybridized carbons (Fsp3) is 0.550. The minimum Gasteiger partial charge on any atom is -0.394 e. The fourth-order valence-electron chi connectivity index (χ4n) is 3.29. The number of fused-ring (bicyclic) bond motifs is 1. The van der Waals surface area contributed by atoms with E-state index in [1.165, 1.54) is 23.8 Å². The fourth-order valence-corrected chi connectivity index (χ4v) is 3.29. The van der Waals surface area contributed by atoms with Crippen molar-refractivity contribution in [3.05, 3.63) is 36.0 Å². The molecule has 0 radical (unpaired) electrons. The van der Waals surface area contributed by atoms with E-state index in [1.54, 1.807) is 4.57 Å². The molecule has 4 atom stereocenters. The van der Waals surface area contributed by atoms with Crippen LogP contribution in [0.5, 0.6) is 0 Å². The number of aliphatic hydroxyl groups is 3. The molecular formula is C20H29N5O4. The number of nitrogens with zero attached hydrogens (tertiary/aromatic N) is 4. The summed E-state index contributed by atoms with van der Waals surface area (Å²) in [5.41, 5.74) is 3.63. The summed E-state index contributed by atoms with van der Waals surface area (Å²) in [7, 11) is 0. The molecule has 1 fully saturated rings. The maximum Gasteiger partial charge on any atom is 0.167 e. The number of allylic oxidation sites excluding steroid dienone is 3. The van der Waals surface area contributed by atoms with Crippen LogP contribution in [-0.2, 0) is 4.74 Å². The molecule has 0 aromatic carbocycles. The second-order valence-corrected chi connectivity index (χ2v) is 7.53. The molecule has 2 aromatic heterocycles. The molecular weight excluding hydrogens is 374 g/mol. The lowest BCUT2D eigenvalue weighted by Crippen LogP contribution is -2.33. The number of nitrogens with one attached hydrogen (secondary N) is 1. The Morgan fingerprint density at radius 3 is 2.66 bits per heavy atom. The van der Waals surface area contributed by atoms with Crippen LogP contribution in [0.25, 0.3) is 11.2 Å². The second kappa shape index (κ2) is 9.45. The first-order valence-corrected chi connectivity index (χ1v) is 9.75. The molecule has 4 N–H and O–H groups in total. The number of anilines is 1. The number of aromatic nitrogens is 4. The molecule has 3 heterocycles. The van der Waals surface area contributed by atoms with Gasteiger partial charge in [0.15, 0.2) is 23.2 Å². The monoisotopic (exact) mass is 403 g/mol. The zero-order valence-electron chi connectivity index (χ0n) is 17.0. The van der Waals surface area contributed by atoms with E-state index in [2.05, 4.69) is 53.2 Å². The first-order valence-electron chi connectivity index (χ1n) is 9.75. The number of imidazole rings is 1. The molecule has 0 spiro atoms. The highest BCUT2D eigenvalue weighted by molar-refractivity contribution is 5.82. The van der Waals surface area contributed by atoms with E-state index in [0.717, 1.165) is 12.8 Å². The molecule has 0 saturated carbocycles. The van der Waals surface area contributed by atoms with Gasteiger partial charge in [-0.3, -0.25) is 4.57 Å². The summed E-state index contributed by atoms with van der Waals surface area (Å²) in [4.78, 5) is 12.9. The molecule has 1 aliphatic rings. The Hall–Kier alpha value is -2.33. The molecule has 9 heteroatoms. The summed E-state index contributed by atoms with van der Waals surface area (Å²) < 4.78 is 7.12. The SMILES string of the molecule is CC(C)=CCCC(C)=CCNc1ncnc2c1ncn2[C@@H]1O[C@H](CO)C(O)C1O. The third-order valence-electron chi connectivity index (χ3n) is 4.96. The highest BCUT2D eigenvalue weighted by Crippen LogP contribution is 2.32. The number of aliphatic hydroxyl groups excluding tert-OH is 3. The van der Waals surface area contributed by atoms with Crippen LogP contribution in [0, 0.1) is 0 Å². The number of ether oxygens (including phenoxy) is 1. The third-order valence-corrected chi connectivity index (χ3v) is 4.96. The first kappa shape index (κ1) is 21.4. The van der Waals surface area contributed by atoms with E-state index in [0.29, 0.717) is 23.5 Å². The highest BCUT2D eigenvalue weighted by Gasteiger charge is 2.44. The van der Waals surface area contributed by atoms with Gasteiger partial charge in [0.25, 0.3) is 0 Å². The van der Waals surface area contributed by atoms with Gasteiger partial charge in [-0.2, -0.15) is 0 Å². The average Bonchev–Trinajstić information content (AvgIpc) is 3.23. The van der Waals surface area contributed by atoms with Crippen LogP contribution >= 0.6 is 0 Å². The van der Waals surface area contributed by atoms with Gasteiger partial charge < -0.3 is 25.4 Å². The zero-order valence-corrected chi connectivity index (χ0v) is 17.0. The van der Waals surface area contributed by atoms with Crippen LogP contribution in [0.15, 0.2) is 36.0 Å². The van der Waals surface area contributed by atoms with Crippen molar-refractivity contribution in [2.45, 2.75) is 58.2 Å². The number of hydrogen-bond donors (Lipinski definition) is 4. The number of hydrogen-bond acceptors (Lipinski definition) is 8. The molecule has 2 unspecified atom stereocenters. The molecule has 2 aromatic rings. The minimum absolute atomic E-state index is 0.386. The van der Waals surface area contributed by atoms with Gasteiger partial charge in [-0.25, -0.2) is 15.0 Å². The van der Waals surface area contributed by atoms with Crippen molar-refractivity contribution in [3.8, 4) is 0 Å². The van der Waals surface area contributed by atoms with E-state index < -0.39 is 24.5 Å². The lowest BCUT2D eigenvalue weighted by atomic mass is 10.1. The maximum absolute atomic E-state index is 10.3. The molecule has 0 bridgehead atoms. The lowest BCUT2D eigenvalue weighted by molar-refractivity contribution is -0.0511. The van der Waals surface area contributed by atoms with E-state index in [-0.39, 0.29) is 6.61 Å². The van der Waals surface area contributed by atoms with E-state index in [4.69, 9.17) is 4.74 Å². The molecule has 0 aliphatic carbocycles. The normalized spacial score (nSPS) is 24.8. The van der Waals surface area contributed by atoms with E-state index in [1.807, 2.05) is 0 Å². The Labute approximate surface area is 169 Å². The molecule has 158 valence electrons. The minimum atomic E-state index is -1.19. The van der Waals surface area contributed by atoms with Crippen molar-refractivity contribution in [2.75, 3.05) is 18.5 Å². The third kappa shape index (κ3) is 4.81. The topological polar surface area (TPSA) is 126 Å². The van der Waals surface area contributed by atoms with Crippen LogP contribution in [0.3, 0.4) is 0 Å². The Kier molecular flexibility index (Phi) is 6.96. The smallest absolute Gasteiger partial charge is 0.167 e. The van der Waals surface area contributed by atoms with Crippen molar-refractivity contribution < 1.29 is 20.1 Å². The second-order valence-electron chi connectivity index (χ2n) is 7.53. The average molecular weight is 403 g/mol. The van der Waals surface area contributed by atoms with Gasteiger partial charge in [-0.15, -0.1) is 0 Å². The lowest BCUT2D eigenvalue weighted by Gasteiger charge is -2.16. The van der Waals surface area contributed by atoms with Crippen molar-refractivity contribution in [1.82, 2.24) is 19.5 Å². The summed E-state index contributed by atoms with van der Waals surface area (Å²) in [6.45, 7) is 6.52. The summed E-state index contributed by atoms with van der Waals surface area (Å²) in [6, 6.07) is 0. The van der Waals surface area contributed by atoms with E-state index >= 15 is 0 Å². The largest absolute Gasteiger partial charge is 0.394 e. The van der Waals surface area contributed by atoms with Crippen LogP contribution in [0.1, 0.15) is 39.8 Å². The standard InChI is InChI=1S/C20H29N5O4/c1-12(2)5-4-6-13(3)7-8-21-18-15-19(23-10-22-18)25(11-24-15)20-17(28)16(27)14(9-26)29-20/h5,7,10-11,14,16-17,20,26-28H,4,6,8-9H2,1-3H3,(H,21,22,23)/t14-,16?,17?,20-/m1/s1. The van der Waals surface area contributed by atoms with E-state index in [9.17, 15) is 15.3 Å². The maximum atomic E-state index is 10.3. The molecule has 9 nitrogen and oxygen atoms in total. The predicted molar refractivity (Wildman–Crippen MR) is 109 cm³/mol. The van der Waals surface area contributed by atoms with Crippen LogP contribution in [-0.4, -0.2) is 66.3 Å². The van der Waals surface area contributed by atoms with Gasteiger partial charge in [0, 0.05) is 6.54 Å². The van der Waals surface area contributed by atoms with Crippen molar-refractivity contribution in [1.29, 1.82) is 0 Å². The van der Waals surface area contributed by atoms with Gasteiger partial charge in [0.1, 0.15) is 24.6 Å². The van der Waals surface area contributed by atoms with Gasteiger partial charge in [0.05, 0.1) is 12.9 Å². The van der Waals surface area contributed by atoms with Gasteiger partial charge in [-0.05, 0) is 33.6 Å². The van der Waals surface area contributed by atoms with Crippen molar-refractivity contribution >= 4 is 17.0 Å². The van der Waals surface area contributed by atoms with Crippen LogP contribution in [0.4, 0.5) is 5.82 Å². The molecule has 3 rings (SSSR count). The van der Waals surface area contributed by atoms with Crippen molar-refractivity contribution in [2.24, 2.45) is 0 Å². The zero-order chi connectivity index (χ0) is 21.0. The highest BCUT2D eigenvalue weighted by atomic mass is 16.6. The molecule has 1 aliphatic heterocycles. The van der Waals surface area contributed by atoms with Gasteiger partial charge in [-0.1, -0.05) is 23.3 Å². The Morgan fingerprint density at radius 1 is 1.17 bits per heavy atom. The summed E-state index contributed by atoms with van der Waals surface area (Å²) >= 11 is 0. The van der Waals surface area contributed by atoms with Gasteiger partial charge >= 0.3 is 0 Å². The summed E-state index contributed by atoms with van der Waals surface area (Å²) in [5.74, 6) is 0.578. The Bertz CT molecular complexity index is 890. The van der Waals surface area contributed by atoms with Crippen LogP contribution < -0.4 is 5.32 Å². The molecule has 29 heavy (non-hydrogen) atoms. The first-order chi connectivity index (χ1) is 13.9. The summed E-state index contributed by atoms with van der Waals surface area (Å²) in [5, 5.41) is 32.8. The van der Waals surface area contributed by atoms with Crippen molar-refractivity contribution in [3.63, 3.8) is 0 Å². The molecule has 0 amide bonds. The predicted octanol–water partition coefficient (Wildman–Crippen LogP) is 1.54. The Balaban J connectivity index is 1.71. The van der Waals surface area contributed by atoms with Crippen LogP contribution in [0.2, 0.25) is 0 Å². The quantitative estimate of drug-likeness (QED) is 0.489. The Morgan fingerprint density at radius 2 is 1.97 bits per heavy atom. The summed E-state index contributed by atoms with van der Waals surface area (Å²) in [6.07, 6.45) is 5.17. The number of rotatable bonds is 8. The van der Waals surface area contributed by atoms with Gasteiger partial charge in [0.2, 0.25) is 0 Å².